The van der Waals surface area contributed by atoms with E-state index in [1.54, 1.807) is 30.6 Å². The van der Waals surface area contributed by atoms with Gasteiger partial charge in [-0.25, -0.2) is 9.97 Å². The fraction of sp³-hybridized carbons (Fsp3) is 0.231. The quantitative estimate of drug-likeness (QED) is 0.932. The van der Waals surface area contributed by atoms with Gasteiger partial charge >= 0.3 is 0 Å². The molecule has 18 heavy (non-hydrogen) atoms. The summed E-state index contributed by atoms with van der Waals surface area (Å²) in [5, 5.41) is 4.61. The van der Waals surface area contributed by atoms with Crippen LogP contribution in [0.25, 0.3) is 0 Å². The van der Waals surface area contributed by atoms with Crippen molar-refractivity contribution in [2.45, 2.75) is 13.0 Å². The Morgan fingerprint density at radius 2 is 1.94 bits per heavy atom. The van der Waals surface area contributed by atoms with E-state index in [0.29, 0.717) is 15.9 Å². The van der Waals surface area contributed by atoms with Gasteiger partial charge in [-0.3, -0.25) is 0 Å². The molecule has 1 unspecified atom stereocenters. The molecule has 0 radical (unpaired) electrons. The van der Waals surface area contributed by atoms with Crippen LogP contribution in [0, 0.1) is 0 Å². The first-order chi connectivity index (χ1) is 8.72. The molecule has 1 aromatic carbocycles. The van der Waals surface area contributed by atoms with Gasteiger partial charge in [-0.2, -0.15) is 0 Å². The molecule has 0 spiro atoms. The summed E-state index contributed by atoms with van der Waals surface area (Å²) >= 11 is 12.2. The van der Waals surface area contributed by atoms with Crippen LogP contribution in [0.3, 0.4) is 0 Å². The van der Waals surface area contributed by atoms with Gasteiger partial charge in [0.2, 0.25) is 0 Å². The summed E-state index contributed by atoms with van der Waals surface area (Å²) in [7, 11) is 0. The monoisotopic (exact) mass is 281 g/mol. The third kappa shape index (κ3) is 2.99. The predicted molar refractivity (Wildman–Crippen MR) is 74.0 cm³/mol. The Balaban J connectivity index is 2.44. The molecule has 1 N–H and O–H groups in total. The van der Waals surface area contributed by atoms with Crippen molar-refractivity contribution < 1.29 is 0 Å². The van der Waals surface area contributed by atoms with Gasteiger partial charge in [0.1, 0.15) is 5.82 Å². The van der Waals surface area contributed by atoms with Gasteiger partial charge in [-0.05, 0) is 36.4 Å². The molecule has 5 heteroatoms. The number of hydrogen-bond donors (Lipinski definition) is 1. The van der Waals surface area contributed by atoms with Crippen molar-refractivity contribution in [2.24, 2.45) is 0 Å². The van der Waals surface area contributed by atoms with Crippen molar-refractivity contribution in [3.8, 4) is 0 Å². The van der Waals surface area contributed by atoms with Crippen LogP contribution in [0.4, 0.5) is 0 Å². The molecule has 3 nitrogen and oxygen atoms in total. The Kier molecular flexibility index (Phi) is 4.53. The third-order valence-corrected chi connectivity index (χ3v) is 3.10. The van der Waals surface area contributed by atoms with E-state index < -0.39 is 0 Å². The molecule has 0 aliphatic rings. The van der Waals surface area contributed by atoms with Crippen LogP contribution < -0.4 is 5.32 Å². The van der Waals surface area contributed by atoms with E-state index in [1.807, 2.05) is 13.0 Å². The van der Waals surface area contributed by atoms with E-state index in [9.17, 15) is 0 Å². The van der Waals surface area contributed by atoms with E-state index in [2.05, 4.69) is 15.3 Å². The van der Waals surface area contributed by atoms with Crippen LogP contribution in [0.2, 0.25) is 10.0 Å². The van der Waals surface area contributed by atoms with Gasteiger partial charge in [0.15, 0.2) is 0 Å². The lowest BCUT2D eigenvalue weighted by Gasteiger charge is -2.18. The minimum atomic E-state index is -0.151. The lowest BCUT2D eigenvalue weighted by Crippen LogP contribution is -2.24. The van der Waals surface area contributed by atoms with Gasteiger partial charge < -0.3 is 5.32 Å². The summed E-state index contributed by atoms with van der Waals surface area (Å²) in [6.07, 6.45) is 3.43. The Labute approximate surface area is 116 Å². The molecular formula is C13H13Cl2N3. The van der Waals surface area contributed by atoms with E-state index in [-0.39, 0.29) is 6.04 Å². The summed E-state index contributed by atoms with van der Waals surface area (Å²) in [6, 6.07) is 7.02. The van der Waals surface area contributed by atoms with Gasteiger partial charge in [-0.1, -0.05) is 30.1 Å². The number of nitrogens with zero attached hydrogens (tertiary/aromatic N) is 2. The largest absolute Gasteiger partial charge is 0.304 e. The smallest absolute Gasteiger partial charge is 0.149 e. The fourth-order valence-electron chi connectivity index (χ4n) is 1.74. The van der Waals surface area contributed by atoms with Crippen molar-refractivity contribution in [2.75, 3.05) is 6.54 Å². The SMILES string of the molecule is CCNC(c1ncccn1)c1cc(Cl)ccc1Cl. The molecule has 0 saturated carbocycles. The lowest BCUT2D eigenvalue weighted by atomic mass is 10.1. The normalized spacial score (nSPS) is 12.4. The van der Waals surface area contributed by atoms with Crippen molar-refractivity contribution in [3.63, 3.8) is 0 Å². The van der Waals surface area contributed by atoms with Crippen LogP contribution in [-0.4, -0.2) is 16.5 Å². The van der Waals surface area contributed by atoms with Crippen molar-refractivity contribution >= 4 is 23.2 Å². The van der Waals surface area contributed by atoms with Gasteiger partial charge in [0, 0.05) is 22.4 Å². The zero-order valence-electron chi connectivity index (χ0n) is 9.90. The van der Waals surface area contributed by atoms with Crippen LogP contribution in [-0.2, 0) is 0 Å². The molecule has 0 bridgehead atoms. The summed E-state index contributed by atoms with van der Waals surface area (Å²) in [5.74, 6) is 0.684. The summed E-state index contributed by atoms with van der Waals surface area (Å²) in [4.78, 5) is 8.54. The molecule has 0 aliphatic carbocycles. The molecule has 0 amide bonds. The van der Waals surface area contributed by atoms with Crippen LogP contribution >= 0.6 is 23.2 Å². The highest BCUT2D eigenvalue weighted by Gasteiger charge is 2.18. The third-order valence-electron chi connectivity index (χ3n) is 2.52. The Bertz CT molecular complexity index is 517. The second-order valence-electron chi connectivity index (χ2n) is 3.76. The maximum Gasteiger partial charge on any atom is 0.149 e. The number of hydrogen-bond acceptors (Lipinski definition) is 3. The molecule has 2 rings (SSSR count). The van der Waals surface area contributed by atoms with Crippen molar-refractivity contribution in [1.82, 2.24) is 15.3 Å². The van der Waals surface area contributed by atoms with Gasteiger partial charge in [0.05, 0.1) is 6.04 Å². The highest BCUT2D eigenvalue weighted by molar-refractivity contribution is 6.33. The van der Waals surface area contributed by atoms with Gasteiger partial charge in [0.25, 0.3) is 0 Å². The first kappa shape index (κ1) is 13.3. The highest BCUT2D eigenvalue weighted by Crippen LogP contribution is 2.28. The van der Waals surface area contributed by atoms with E-state index >= 15 is 0 Å². The van der Waals surface area contributed by atoms with Crippen molar-refractivity contribution in [1.29, 1.82) is 0 Å². The predicted octanol–water partition coefficient (Wildman–Crippen LogP) is 3.48. The van der Waals surface area contributed by atoms with E-state index in [0.717, 1.165) is 12.1 Å². The minimum Gasteiger partial charge on any atom is -0.304 e. The molecule has 94 valence electrons. The average Bonchev–Trinajstić information content (AvgIpc) is 2.40. The number of halogens is 2. The standard InChI is InChI=1S/C13H13Cl2N3/c1-2-16-12(13-17-6-3-7-18-13)10-8-9(14)4-5-11(10)15/h3-8,12,16H,2H2,1H3. The molecule has 1 aromatic heterocycles. The second kappa shape index (κ2) is 6.14. The topological polar surface area (TPSA) is 37.8 Å². The number of rotatable bonds is 4. The molecule has 2 aromatic rings. The number of benzene rings is 1. The molecule has 0 saturated heterocycles. The minimum absolute atomic E-state index is 0.151. The zero-order valence-corrected chi connectivity index (χ0v) is 11.4. The summed E-state index contributed by atoms with van der Waals surface area (Å²) < 4.78 is 0. The first-order valence-corrected chi connectivity index (χ1v) is 6.43. The zero-order chi connectivity index (χ0) is 13.0. The molecule has 1 heterocycles. The Hall–Kier alpha value is -1.16. The van der Waals surface area contributed by atoms with E-state index in [4.69, 9.17) is 23.2 Å². The molecule has 0 aliphatic heterocycles. The molecule has 0 fully saturated rings. The molecular weight excluding hydrogens is 269 g/mol. The first-order valence-electron chi connectivity index (χ1n) is 5.67. The second-order valence-corrected chi connectivity index (χ2v) is 4.61. The average molecular weight is 282 g/mol. The lowest BCUT2D eigenvalue weighted by molar-refractivity contribution is 0.597. The van der Waals surface area contributed by atoms with Crippen LogP contribution in [0.5, 0.6) is 0 Å². The number of aromatic nitrogens is 2. The Morgan fingerprint density at radius 1 is 1.22 bits per heavy atom. The highest BCUT2D eigenvalue weighted by atomic mass is 35.5. The summed E-state index contributed by atoms with van der Waals surface area (Å²) in [5.41, 5.74) is 0.886. The van der Waals surface area contributed by atoms with E-state index in [1.165, 1.54) is 0 Å². The maximum absolute atomic E-state index is 6.22. The number of nitrogens with one attached hydrogen (secondary N) is 1. The Morgan fingerprint density at radius 3 is 2.61 bits per heavy atom. The molecule has 1 atom stereocenters. The van der Waals surface area contributed by atoms with Crippen molar-refractivity contribution in [3.05, 3.63) is 58.1 Å². The van der Waals surface area contributed by atoms with Crippen LogP contribution in [0.1, 0.15) is 24.4 Å². The summed E-state index contributed by atoms with van der Waals surface area (Å²) in [6.45, 7) is 2.81. The van der Waals surface area contributed by atoms with Gasteiger partial charge in [-0.15, -0.1) is 0 Å². The fourth-order valence-corrected chi connectivity index (χ4v) is 2.15. The van der Waals surface area contributed by atoms with Crippen LogP contribution in [0.15, 0.2) is 36.7 Å². The maximum atomic E-state index is 6.22.